The lowest BCUT2D eigenvalue weighted by Gasteiger charge is -2.38. The molecule has 7 nitrogen and oxygen atoms in total. The lowest BCUT2D eigenvalue weighted by atomic mass is 9.90. The third-order valence-corrected chi connectivity index (χ3v) is 6.87. The highest BCUT2D eigenvalue weighted by Gasteiger charge is 2.32. The van der Waals surface area contributed by atoms with Crippen molar-refractivity contribution >= 4 is 17.3 Å². The Morgan fingerprint density at radius 3 is 2.50 bits per heavy atom. The minimum absolute atomic E-state index is 0.0116. The highest BCUT2D eigenvalue weighted by molar-refractivity contribution is 7.10. The van der Waals surface area contributed by atoms with E-state index in [0.717, 1.165) is 24.3 Å². The standard InChI is InChI=1S/C26H29NO6S/c1-30-22-13-18-10-11-27(25(24-5-4-12-34-24)21(18)14-23(22)31-2)15-19(28)16-33-20-8-6-17(7-9-20)26(29)32-3/h4-9,12-14,19,25,28H,10-11,15-16H2,1-3H3. The van der Waals surface area contributed by atoms with Crippen LogP contribution in [0, 0.1) is 0 Å². The topological polar surface area (TPSA) is 77.5 Å². The summed E-state index contributed by atoms with van der Waals surface area (Å²) >= 11 is 1.70. The average molecular weight is 484 g/mol. The van der Waals surface area contributed by atoms with Crippen LogP contribution >= 0.6 is 11.3 Å². The van der Waals surface area contributed by atoms with E-state index in [0.29, 0.717) is 23.6 Å². The smallest absolute Gasteiger partial charge is 0.337 e. The Labute approximate surface area is 203 Å². The zero-order valence-electron chi connectivity index (χ0n) is 19.5. The van der Waals surface area contributed by atoms with Gasteiger partial charge >= 0.3 is 5.97 Å². The van der Waals surface area contributed by atoms with Gasteiger partial charge in [-0.15, -0.1) is 11.3 Å². The third kappa shape index (κ3) is 5.19. The van der Waals surface area contributed by atoms with Crippen LogP contribution < -0.4 is 14.2 Å². The number of rotatable bonds is 9. The maximum absolute atomic E-state index is 11.6. The van der Waals surface area contributed by atoms with E-state index in [1.54, 1.807) is 49.8 Å². The van der Waals surface area contributed by atoms with Crippen molar-refractivity contribution in [3.8, 4) is 17.2 Å². The SMILES string of the molecule is COC(=O)c1ccc(OCC(O)CN2CCc3cc(OC)c(OC)cc3C2c2cccs2)cc1. The number of aliphatic hydroxyl groups is 1. The van der Waals surface area contributed by atoms with Crippen LogP contribution in [0.4, 0.5) is 0 Å². The molecule has 180 valence electrons. The molecule has 2 aromatic carbocycles. The van der Waals surface area contributed by atoms with E-state index in [4.69, 9.17) is 18.9 Å². The first kappa shape index (κ1) is 24.1. The Hall–Kier alpha value is -3.07. The average Bonchev–Trinajstić information content (AvgIpc) is 3.40. The van der Waals surface area contributed by atoms with Crippen molar-refractivity contribution < 1.29 is 28.8 Å². The minimum Gasteiger partial charge on any atom is -0.493 e. The van der Waals surface area contributed by atoms with E-state index in [1.165, 1.54) is 17.6 Å². The number of aliphatic hydroxyl groups excluding tert-OH is 1. The summed E-state index contributed by atoms with van der Waals surface area (Å²) in [6.45, 7) is 1.40. The van der Waals surface area contributed by atoms with Gasteiger partial charge in [0.25, 0.3) is 0 Å². The summed E-state index contributed by atoms with van der Waals surface area (Å²) in [4.78, 5) is 15.1. The number of β-amino-alcohol motifs (C(OH)–C–C–N with tert-alkyl or cyclic N) is 1. The first-order valence-corrected chi connectivity index (χ1v) is 11.9. The molecule has 2 unspecified atom stereocenters. The Kier molecular flexibility index (Phi) is 7.72. The number of benzene rings is 2. The van der Waals surface area contributed by atoms with Gasteiger partial charge in [-0.25, -0.2) is 4.79 Å². The van der Waals surface area contributed by atoms with Crippen molar-refractivity contribution in [3.63, 3.8) is 0 Å². The van der Waals surface area contributed by atoms with Crippen LogP contribution in [-0.4, -0.2) is 63.1 Å². The van der Waals surface area contributed by atoms with Gasteiger partial charge in [-0.3, -0.25) is 4.90 Å². The molecule has 2 atom stereocenters. The van der Waals surface area contributed by atoms with Crippen molar-refractivity contribution in [2.45, 2.75) is 18.6 Å². The molecule has 0 saturated heterocycles. The fourth-order valence-electron chi connectivity index (χ4n) is 4.30. The van der Waals surface area contributed by atoms with Crippen molar-refractivity contribution in [3.05, 3.63) is 75.5 Å². The number of thiophene rings is 1. The zero-order valence-corrected chi connectivity index (χ0v) is 20.3. The molecular weight excluding hydrogens is 454 g/mol. The quantitative estimate of drug-likeness (QED) is 0.462. The van der Waals surface area contributed by atoms with Gasteiger partial charge in [-0.2, -0.15) is 0 Å². The number of nitrogens with zero attached hydrogens (tertiary/aromatic N) is 1. The zero-order chi connectivity index (χ0) is 24.1. The molecule has 0 amide bonds. The summed E-state index contributed by atoms with van der Waals surface area (Å²) in [6, 6.07) is 15.0. The van der Waals surface area contributed by atoms with E-state index < -0.39 is 12.1 Å². The number of fused-ring (bicyclic) bond motifs is 1. The van der Waals surface area contributed by atoms with Crippen molar-refractivity contribution in [1.82, 2.24) is 4.90 Å². The summed E-state index contributed by atoms with van der Waals surface area (Å²) in [5.41, 5.74) is 2.84. The molecular formula is C26H29NO6S. The molecule has 4 rings (SSSR count). The number of carbonyl (C=O) groups excluding carboxylic acids is 1. The van der Waals surface area contributed by atoms with Gasteiger partial charge in [-0.1, -0.05) is 6.07 Å². The number of esters is 1. The number of carbonyl (C=O) groups is 1. The molecule has 2 heterocycles. The Bertz CT molecular complexity index is 1100. The van der Waals surface area contributed by atoms with Gasteiger partial charge in [-0.05, 0) is 65.4 Å². The molecule has 8 heteroatoms. The number of hydrogen-bond donors (Lipinski definition) is 1. The number of methoxy groups -OCH3 is 3. The largest absolute Gasteiger partial charge is 0.493 e. The second kappa shape index (κ2) is 10.9. The first-order valence-electron chi connectivity index (χ1n) is 11.1. The molecule has 1 aliphatic rings. The van der Waals surface area contributed by atoms with Crippen molar-refractivity contribution in [2.75, 3.05) is 41.0 Å². The number of ether oxygens (including phenoxy) is 4. The fourth-order valence-corrected chi connectivity index (χ4v) is 5.17. The van der Waals surface area contributed by atoms with Crippen LogP contribution in [-0.2, 0) is 11.2 Å². The Balaban J connectivity index is 1.48. The van der Waals surface area contributed by atoms with Gasteiger partial charge < -0.3 is 24.1 Å². The van der Waals surface area contributed by atoms with Gasteiger partial charge in [0.05, 0.1) is 32.9 Å². The predicted octanol–water partition coefficient (Wildman–Crippen LogP) is 3.94. The maximum Gasteiger partial charge on any atom is 0.337 e. The summed E-state index contributed by atoms with van der Waals surface area (Å²) in [5.74, 6) is 1.61. The monoisotopic (exact) mass is 483 g/mol. The van der Waals surface area contributed by atoms with E-state index in [2.05, 4.69) is 28.5 Å². The Morgan fingerprint density at radius 1 is 1.12 bits per heavy atom. The molecule has 0 saturated carbocycles. The van der Waals surface area contributed by atoms with Crippen LogP contribution in [0.3, 0.4) is 0 Å². The minimum atomic E-state index is -0.690. The summed E-state index contributed by atoms with van der Waals surface area (Å²) in [5, 5.41) is 12.9. The third-order valence-electron chi connectivity index (χ3n) is 5.95. The molecule has 3 aromatic rings. The van der Waals surface area contributed by atoms with Crippen molar-refractivity contribution in [1.29, 1.82) is 0 Å². The van der Waals surface area contributed by atoms with Crippen LogP contribution in [0.2, 0.25) is 0 Å². The fraction of sp³-hybridized carbons (Fsp3) is 0.346. The van der Waals surface area contributed by atoms with Crippen LogP contribution in [0.5, 0.6) is 17.2 Å². The summed E-state index contributed by atoms with van der Waals surface area (Å²) in [7, 11) is 4.64. The molecule has 1 aliphatic heterocycles. The van der Waals surface area contributed by atoms with Crippen LogP contribution in [0.25, 0.3) is 0 Å². The summed E-state index contributed by atoms with van der Waals surface area (Å²) < 4.78 is 21.6. The molecule has 1 aromatic heterocycles. The molecule has 0 bridgehead atoms. The molecule has 0 aliphatic carbocycles. The molecule has 0 radical (unpaired) electrons. The van der Waals surface area contributed by atoms with E-state index >= 15 is 0 Å². The van der Waals surface area contributed by atoms with Gasteiger partial charge in [0.1, 0.15) is 18.5 Å². The number of hydrogen-bond acceptors (Lipinski definition) is 8. The normalized spacial score (nSPS) is 16.4. The molecule has 1 N–H and O–H groups in total. The predicted molar refractivity (Wildman–Crippen MR) is 130 cm³/mol. The molecule has 0 fully saturated rings. The van der Waals surface area contributed by atoms with E-state index in [1.807, 2.05) is 6.07 Å². The van der Waals surface area contributed by atoms with E-state index in [9.17, 15) is 9.90 Å². The molecule has 0 spiro atoms. The second-order valence-electron chi connectivity index (χ2n) is 8.05. The highest BCUT2D eigenvalue weighted by Crippen LogP contribution is 2.42. The van der Waals surface area contributed by atoms with Crippen molar-refractivity contribution in [2.24, 2.45) is 0 Å². The molecule has 34 heavy (non-hydrogen) atoms. The first-order chi connectivity index (χ1) is 16.5. The van der Waals surface area contributed by atoms with Gasteiger partial charge in [0, 0.05) is 18.0 Å². The van der Waals surface area contributed by atoms with Crippen LogP contribution in [0.1, 0.15) is 32.4 Å². The Morgan fingerprint density at radius 2 is 1.85 bits per heavy atom. The summed E-state index contributed by atoms with van der Waals surface area (Å²) in [6.07, 6.45) is 0.157. The van der Waals surface area contributed by atoms with Crippen LogP contribution in [0.15, 0.2) is 53.9 Å². The maximum atomic E-state index is 11.6. The van der Waals surface area contributed by atoms with Gasteiger partial charge in [0.15, 0.2) is 11.5 Å². The second-order valence-corrected chi connectivity index (χ2v) is 9.03. The highest BCUT2D eigenvalue weighted by atomic mass is 32.1. The van der Waals surface area contributed by atoms with Gasteiger partial charge in [0.2, 0.25) is 0 Å². The lowest BCUT2D eigenvalue weighted by molar-refractivity contribution is 0.0556. The lowest BCUT2D eigenvalue weighted by Crippen LogP contribution is -2.42. The van der Waals surface area contributed by atoms with E-state index in [-0.39, 0.29) is 12.6 Å².